The van der Waals surface area contributed by atoms with Crippen LogP contribution in [0.2, 0.25) is 15.1 Å². The number of benzene rings is 8. The molecule has 12 aromatic rings. The number of carbonyl (C=O) groups excluding carboxylic acids is 4. The number of hydrogen-bond acceptors (Lipinski definition) is 10. The molecule has 0 aliphatic heterocycles. The number of Topliss-reactive ketones (excluding diaryl/α,β-unsaturated/α-hetero) is 4. The molecule has 0 spiro atoms. The molecule has 0 atom stereocenters. The van der Waals surface area contributed by atoms with E-state index in [0.29, 0.717) is 60.6 Å². The van der Waals surface area contributed by atoms with Gasteiger partial charge >= 0.3 is 0 Å². The molecule has 482 valence electrons. The van der Waals surface area contributed by atoms with E-state index in [9.17, 15) is 40.8 Å². The highest BCUT2D eigenvalue weighted by Gasteiger charge is 2.19. The van der Waals surface area contributed by atoms with E-state index in [0.717, 1.165) is 62.3 Å². The van der Waals surface area contributed by atoms with Crippen molar-refractivity contribution in [2.45, 2.75) is 65.2 Å². The standard InChI is InChI=1S/C19H17ClN2O.C19H17FN2O3S.2C18H14ClFN2O/c1-13-7-8-14(2)16(9-13)19(23)10-15-11-21-22(12-15)18-6-4-3-5-17(18)20;1-13-7-8-15(20)10-16(13)18(23)9-14-11-21-22(12-14)17-5-3-4-6-19(17)26(2,24)25;1-12-6-7-14(20)9-15(12)18(23)8-13-10-21-22(11-13)17-5-3-2-4-16(17)19;1-12-6-7-14(9-16(12)20)18(23)8-13-10-21-22(11-13)17-5-3-2-4-15(17)19/h3-9,11-12H,10H2,1-2H3;3-8,10-12H,9H2,1-2H3;2*2-7,9-11H,8H2,1H3. The third-order valence-electron chi connectivity index (χ3n) is 15.0. The lowest BCUT2D eigenvalue weighted by atomic mass is 9.99. The second-order valence-electron chi connectivity index (χ2n) is 22.4. The maximum absolute atomic E-state index is 13.6. The van der Waals surface area contributed by atoms with Crippen molar-refractivity contribution in [3.63, 3.8) is 0 Å². The normalized spacial score (nSPS) is 10.9. The lowest BCUT2D eigenvalue weighted by Gasteiger charge is -2.07. The predicted molar refractivity (Wildman–Crippen MR) is 364 cm³/mol. The Morgan fingerprint density at radius 1 is 0.389 bits per heavy atom. The summed E-state index contributed by atoms with van der Waals surface area (Å²) in [6.45, 7) is 9.15. The zero-order valence-electron chi connectivity index (χ0n) is 52.3. The second-order valence-corrected chi connectivity index (χ2v) is 25.6. The molecule has 0 bridgehead atoms. The molecule has 8 aromatic carbocycles. The number of carbonyl (C=O) groups is 4. The van der Waals surface area contributed by atoms with Crippen LogP contribution in [-0.4, -0.2) is 76.9 Å². The first-order valence-electron chi connectivity index (χ1n) is 29.6. The Hall–Kier alpha value is -10.1. The molecule has 0 aliphatic carbocycles. The molecule has 12 rings (SSSR count). The van der Waals surface area contributed by atoms with E-state index < -0.39 is 21.5 Å². The van der Waals surface area contributed by atoms with Gasteiger partial charge in [0.2, 0.25) is 0 Å². The Balaban J connectivity index is 0.000000149. The van der Waals surface area contributed by atoms with Crippen LogP contribution >= 0.6 is 34.8 Å². The van der Waals surface area contributed by atoms with Crippen molar-refractivity contribution in [1.29, 1.82) is 0 Å². The highest BCUT2D eigenvalue weighted by atomic mass is 35.5. The van der Waals surface area contributed by atoms with Gasteiger partial charge in [-0.3, -0.25) is 19.2 Å². The molecule has 0 amide bonds. The van der Waals surface area contributed by atoms with Crippen molar-refractivity contribution >= 4 is 67.8 Å². The van der Waals surface area contributed by atoms with Gasteiger partial charge in [0.05, 0.1) is 67.5 Å². The van der Waals surface area contributed by atoms with Crippen LogP contribution in [0.3, 0.4) is 0 Å². The molecule has 95 heavy (non-hydrogen) atoms. The lowest BCUT2D eigenvalue weighted by molar-refractivity contribution is 0.0983. The molecule has 0 aliphatic rings. The first kappa shape index (κ1) is 69.2. The van der Waals surface area contributed by atoms with E-state index in [-0.39, 0.29) is 53.1 Å². The minimum atomic E-state index is -3.42. The van der Waals surface area contributed by atoms with E-state index in [2.05, 4.69) is 20.4 Å². The van der Waals surface area contributed by atoms with Crippen LogP contribution in [0.15, 0.2) is 224 Å². The number of nitrogens with zero attached hydrogens (tertiary/aromatic N) is 8. The monoisotopic (exact) mass is 1350 g/mol. The van der Waals surface area contributed by atoms with Crippen molar-refractivity contribution in [3.05, 3.63) is 324 Å². The van der Waals surface area contributed by atoms with E-state index in [1.807, 2.05) is 98.9 Å². The molecule has 4 aromatic heterocycles. The van der Waals surface area contributed by atoms with Gasteiger partial charge in [-0.2, -0.15) is 20.4 Å². The fourth-order valence-corrected chi connectivity index (χ4v) is 11.5. The summed E-state index contributed by atoms with van der Waals surface area (Å²) in [4.78, 5) is 49.8. The number of aromatic nitrogens is 8. The molecule has 14 nitrogen and oxygen atoms in total. The van der Waals surface area contributed by atoms with Gasteiger partial charge in [-0.05, 0) is 164 Å². The number of halogens is 6. The van der Waals surface area contributed by atoms with Crippen LogP contribution in [0.25, 0.3) is 22.7 Å². The number of rotatable bonds is 17. The third kappa shape index (κ3) is 18.2. The second kappa shape index (κ2) is 31.2. The summed E-state index contributed by atoms with van der Waals surface area (Å²) in [6.07, 6.45) is 15.3. The van der Waals surface area contributed by atoms with Crippen molar-refractivity contribution in [2.24, 2.45) is 0 Å². The molecule has 0 saturated carbocycles. The lowest BCUT2D eigenvalue weighted by Crippen LogP contribution is -2.06. The molecular formula is C74H62Cl3F3N8O6S. The van der Waals surface area contributed by atoms with Crippen molar-refractivity contribution in [3.8, 4) is 22.7 Å². The summed E-state index contributed by atoms with van der Waals surface area (Å²) >= 11 is 18.5. The van der Waals surface area contributed by atoms with E-state index in [4.69, 9.17) is 34.8 Å². The van der Waals surface area contributed by atoms with Gasteiger partial charge in [-0.25, -0.2) is 40.3 Å². The molecule has 0 fully saturated rings. The number of aryl methyl sites for hydroxylation is 5. The number of hydrogen-bond donors (Lipinski definition) is 0. The van der Waals surface area contributed by atoms with Gasteiger partial charge in [0.25, 0.3) is 0 Å². The van der Waals surface area contributed by atoms with Crippen molar-refractivity contribution in [1.82, 2.24) is 39.1 Å². The SMILES string of the molecule is Cc1ccc(C(=O)Cc2cnn(-c3ccccc3Cl)c2)cc1F.Cc1ccc(C)c(C(=O)Cc2cnn(-c3ccccc3Cl)c2)c1.Cc1ccc(F)cc1C(=O)Cc1cnn(-c2ccccc2Cl)c1.Cc1ccc(F)cc1C(=O)Cc1cnn(-c2ccccc2S(C)(=O)=O)c1. The molecular weight excluding hydrogens is 1290 g/mol. The summed E-state index contributed by atoms with van der Waals surface area (Å²) < 4.78 is 70.6. The molecule has 0 saturated heterocycles. The minimum absolute atomic E-state index is 0.0470. The third-order valence-corrected chi connectivity index (χ3v) is 17.1. The summed E-state index contributed by atoms with van der Waals surface area (Å²) in [7, 11) is -3.42. The fraction of sp³-hybridized carbons (Fsp3) is 0.135. The number of sulfone groups is 1. The van der Waals surface area contributed by atoms with Crippen LogP contribution in [0.1, 0.15) is 91.5 Å². The van der Waals surface area contributed by atoms with Gasteiger partial charge in [0.1, 0.15) is 17.5 Å². The zero-order chi connectivity index (χ0) is 68.1. The summed E-state index contributed by atoms with van der Waals surface area (Å²) in [5, 5.41) is 18.7. The van der Waals surface area contributed by atoms with Gasteiger partial charge in [0.15, 0.2) is 33.0 Å². The molecule has 0 unspecified atom stereocenters. The largest absolute Gasteiger partial charge is 0.294 e. The number of para-hydroxylation sites is 4. The van der Waals surface area contributed by atoms with Crippen molar-refractivity contribution < 1.29 is 40.8 Å². The Labute approximate surface area is 562 Å². The quantitative estimate of drug-likeness (QED) is 0.0798. The predicted octanol–water partition coefficient (Wildman–Crippen LogP) is 16.5. The summed E-state index contributed by atoms with van der Waals surface area (Å²) in [5.74, 6) is -1.66. The van der Waals surface area contributed by atoms with Gasteiger partial charge in [-0.1, -0.05) is 125 Å². The Morgan fingerprint density at radius 3 is 1.09 bits per heavy atom. The van der Waals surface area contributed by atoms with E-state index in [1.165, 1.54) is 47.3 Å². The van der Waals surface area contributed by atoms with Crippen molar-refractivity contribution in [2.75, 3.05) is 6.26 Å². The average molecular weight is 1350 g/mol. The first-order valence-corrected chi connectivity index (χ1v) is 32.6. The molecule has 0 radical (unpaired) electrons. The van der Waals surface area contributed by atoms with E-state index >= 15 is 0 Å². The van der Waals surface area contributed by atoms with Gasteiger partial charge < -0.3 is 0 Å². The van der Waals surface area contributed by atoms with Crippen LogP contribution in [0.4, 0.5) is 13.2 Å². The molecule has 0 N–H and O–H groups in total. The Bertz CT molecular complexity index is 4780. The first-order chi connectivity index (χ1) is 45.4. The molecule has 4 heterocycles. The van der Waals surface area contributed by atoms with Crippen LogP contribution in [0.5, 0.6) is 0 Å². The molecule has 21 heteroatoms. The maximum atomic E-state index is 13.6. The maximum Gasteiger partial charge on any atom is 0.177 e. The minimum Gasteiger partial charge on any atom is -0.294 e. The Morgan fingerprint density at radius 2 is 0.716 bits per heavy atom. The van der Waals surface area contributed by atoms with Crippen LogP contribution < -0.4 is 0 Å². The number of ketones is 4. The van der Waals surface area contributed by atoms with E-state index in [1.54, 1.807) is 127 Å². The zero-order valence-corrected chi connectivity index (χ0v) is 55.4. The smallest absolute Gasteiger partial charge is 0.177 e. The Kier molecular flexibility index (Phi) is 22.7. The topological polar surface area (TPSA) is 174 Å². The van der Waals surface area contributed by atoms with Gasteiger partial charge in [0, 0.05) is 79.0 Å². The fourth-order valence-electron chi connectivity index (χ4n) is 9.93. The van der Waals surface area contributed by atoms with Crippen LogP contribution in [0, 0.1) is 52.1 Å². The highest BCUT2D eigenvalue weighted by Crippen LogP contribution is 2.26. The summed E-state index contributed by atoms with van der Waals surface area (Å²) in [5.41, 5.74) is 11.6. The van der Waals surface area contributed by atoms with Crippen LogP contribution in [-0.2, 0) is 35.5 Å². The average Bonchev–Trinajstić information content (AvgIpc) is 1.78. The van der Waals surface area contributed by atoms with Gasteiger partial charge in [-0.15, -0.1) is 0 Å². The summed E-state index contributed by atoms with van der Waals surface area (Å²) in [6, 6.07) is 47.4. The highest BCUT2D eigenvalue weighted by molar-refractivity contribution is 7.90.